The molecular formula is C96H119Cl3N14O28. The van der Waals surface area contributed by atoms with Crippen molar-refractivity contribution >= 4 is 88.0 Å². The summed E-state index contributed by atoms with van der Waals surface area (Å²) in [7, 11) is 1.36. The number of carbonyl (C=O) groups is 9. The van der Waals surface area contributed by atoms with Crippen LogP contribution in [0, 0.1) is 0 Å². The number of phenolic OH excluding ortho intramolecular Hbond substituents is 3. The summed E-state index contributed by atoms with van der Waals surface area (Å²) in [6.07, 6.45) is -23.1. The molecule has 8 aliphatic rings. The quantitative estimate of drug-likeness (QED) is 0.0212. The Morgan fingerprint density at radius 1 is 0.624 bits per heavy atom. The molecule has 27 N–H and O–H groups in total. The van der Waals surface area contributed by atoms with Crippen LogP contribution in [0.15, 0.2) is 127 Å². The van der Waals surface area contributed by atoms with E-state index in [1.165, 1.54) is 58.2 Å². The number of aromatic hydroxyl groups is 3. The Labute approximate surface area is 825 Å². The lowest BCUT2D eigenvalue weighted by Gasteiger charge is -2.48. The van der Waals surface area contributed by atoms with Gasteiger partial charge < -0.3 is 169 Å². The summed E-state index contributed by atoms with van der Waals surface area (Å²) in [4.78, 5) is 138. The lowest BCUT2D eigenvalue weighted by atomic mass is 9.84. The topological polar surface area (TPSA) is 649 Å². The molecule has 0 radical (unpaired) electrons. The van der Waals surface area contributed by atoms with Crippen LogP contribution in [0.3, 0.4) is 0 Å². The number of phenols is 3. The summed E-state index contributed by atoms with van der Waals surface area (Å²) in [5.74, 6) is -17.1. The van der Waals surface area contributed by atoms with Crippen molar-refractivity contribution in [2.45, 2.75) is 225 Å². The molecular weight excluding hydrogens is 1900 g/mol. The highest BCUT2D eigenvalue weighted by atomic mass is 35.5. The number of hydrogen-bond acceptors (Lipinski definition) is 34. The Morgan fingerprint density at radius 3 is 1.84 bits per heavy atom. The van der Waals surface area contributed by atoms with E-state index in [0.29, 0.717) is 31.1 Å². The van der Waals surface area contributed by atoms with Crippen molar-refractivity contribution in [3.05, 3.63) is 176 Å². The molecule has 8 heterocycles. The van der Waals surface area contributed by atoms with Crippen molar-refractivity contribution < 1.29 is 137 Å². The highest BCUT2D eigenvalue weighted by Crippen LogP contribution is 2.51. The molecule has 762 valence electrons. The van der Waals surface area contributed by atoms with Gasteiger partial charge in [0.2, 0.25) is 53.4 Å². The summed E-state index contributed by atoms with van der Waals surface area (Å²) >= 11 is 21.0. The van der Waals surface area contributed by atoms with Gasteiger partial charge in [-0.3, -0.25) is 38.4 Å². The van der Waals surface area contributed by atoms with Crippen LogP contribution >= 0.6 is 34.8 Å². The lowest BCUT2D eigenvalue weighted by molar-refractivity contribution is -0.334. The van der Waals surface area contributed by atoms with E-state index >= 15 is 28.8 Å². The van der Waals surface area contributed by atoms with Gasteiger partial charge in [0.15, 0.2) is 42.8 Å². The third-order valence-corrected chi connectivity index (χ3v) is 26.1. The van der Waals surface area contributed by atoms with Gasteiger partial charge in [-0.2, -0.15) is 0 Å². The second-order valence-electron chi connectivity index (χ2n) is 36.1. The van der Waals surface area contributed by atoms with Crippen LogP contribution in [0.5, 0.6) is 46.0 Å². The van der Waals surface area contributed by atoms with E-state index in [9.17, 15) is 65.4 Å². The molecule has 3 saturated heterocycles. The predicted molar refractivity (Wildman–Crippen MR) is 507 cm³/mol. The Bertz CT molecular complexity index is 5660. The SMILES string of the molecule is CN[C@H](CC(C)O)C(=O)N[C@H]1C(=O)N[C@@H](CC(N)=O)C(=O)N[C@H]2C(=O)N[C@H]3C(=O)N[C@H](C(=O)N[C@H](C(=O)OCC(=O)NCCCNCCCNCCCN)c4cc(O)cc(O)c4-c4cc3ccc4O)[C@H](O[C@H]3C[C@](C)(N)[C@@H](O)[C@H](C)O3)c3ccc(c(Cl)c3)Oc3cc2cc(c3OC2O[C@H](CO)[C@@H](O)[C@H](O)[C@H]2O[C@H]2C[C@](C)(NCc3ccc(-c4ccc(Cl)cc4)cc3)[C@@H](O)[C@H](C)O2)Oc2ccc(cc2Cl)[C@H]1O. The fourth-order valence-corrected chi connectivity index (χ4v) is 18.1. The summed E-state index contributed by atoms with van der Waals surface area (Å²) in [5.41, 5.74) is 15.1. The maximum atomic E-state index is 16.8. The van der Waals surface area contributed by atoms with Gasteiger partial charge in [-0.25, -0.2) is 4.79 Å². The molecule has 15 rings (SSSR count). The molecule has 11 bridgehead atoms. The van der Waals surface area contributed by atoms with Gasteiger partial charge in [-0.15, -0.1) is 0 Å². The van der Waals surface area contributed by atoms with E-state index in [1.807, 2.05) is 36.4 Å². The van der Waals surface area contributed by atoms with Crippen molar-refractivity contribution in [1.29, 1.82) is 0 Å². The number of amides is 8. The third kappa shape index (κ3) is 26.0. The molecule has 7 aromatic carbocycles. The molecule has 3 fully saturated rings. The molecule has 0 aromatic heterocycles. The Hall–Kier alpha value is -11.3. The number of fused-ring (bicyclic) bond motifs is 15. The number of hydrogen-bond donors (Lipinski definition) is 24. The van der Waals surface area contributed by atoms with Crippen LogP contribution in [0.25, 0.3) is 22.3 Å². The van der Waals surface area contributed by atoms with Crippen molar-refractivity contribution in [1.82, 2.24) is 58.5 Å². The molecule has 0 spiro atoms. The standard InChI is InChI=1S/C96H119Cl3N14O28/c1-44(115)30-60(103-6)87(126)112-77-79(121)51-17-22-64(58(98)32-51)136-66-34-53-35-67(83(66)141-94-84(81(123)80(122)68(42-114)138-94)140-72-40-96(5,86(125)46(3)135-72)107-41-47-10-12-48(13-11-47)49-14-19-54(97)20-15-49)137-65-23-18-52(33-59(65)99)82(139-71-39-95(4,102)85(124)45(2)134-71)78-92(131)111-76(93(132)133-43-70(120)106-29-9-28-105-27-8-26-104-25-7-24-100)57-36-55(116)37-63(118)73(57)56-31-50(16-21-62(56)117)74(89(128)113-78)110-90(129)75(53)109-88(127)61(38-69(101)119)108-91(77)130/h10-23,31-37,44-46,60-61,68,71-72,74-82,84-86,94,103-105,107,114-118,121-125H,7-9,24-30,38-43,100,102H2,1-6H3,(H2,101,119)(H,106,120)(H,108,130)(H,109,127)(H,110,129)(H,111,131)(H,112,126)(H,113,128)/t44?,45-,46-,60+,61-,68+,71-,72-,74+,75+,76-,77+,78-,79+,80+,81-,82+,84+,85-,86-,94?,95-,96-/m0/s1. The smallest absolute Gasteiger partial charge is 0.333 e. The Kier molecular flexibility index (Phi) is 35.9. The fourth-order valence-electron chi connectivity index (χ4n) is 17.6. The molecule has 0 saturated carbocycles. The first kappa shape index (κ1) is 107. The lowest BCUT2D eigenvalue weighted by Crippen LogP contribution is -2.65. The Balaban J connectivity index is 0.982. The van der Waals surface area contributed by atoms with Crippen LogP contribution in [0.2, 0.25) is 15.1 Å². The molecule has 2 unspecified atom stereocenters. The average Bonchev–Trinajstić information content (AvgIpc) is 0.759. The number of aliphatic hydroxyl groups is 7. The maximum Gasteiger partial charge on any atom is 0.333 e. The number of nitrogens with one attached hydrogen (secondary N) is 11. The molecule has 141 heavy (non-hydrogen) atoms. The van der Waals surface area contributed by atoms with Gasteiger partial charge in [0.25, 0.3) is 5.91 Å². The second-order valence-corrected chi connectivity index (χ2v) is 37.4. The van der Waals surface area contributed by atoms with Crippen LogP contribution in [0.1, 0.15) is 143 Å². The van der Waals surface area contributed by atoms with Gasteiger partial charge in [-0.05, 0) is 206 Å². The molecule has 45 heteroatoms. The summed E-state index contributed by atoms with van der Waals surface area (Å²) in [5, 5.41) is 148. The number of nitrogens with two attached hydrogens (primary N) is 3. The van der Waals surface area contributed by atoms with E-state index in [0.717, 1.165) is 91.2 Å². The maximum absolute atomic E-state index is 16.8. The largest absolute Gasteiger partial charge is 0.508 e. The van der Waals surface area contributed by atoms with Crippen molar-refractivity contribution in [3.8, 4) is 68.2 Å². The summed E-state index contributed by atoms with van der Waals surface area (Å²) < 4.78 is 59.0. The van der Waals surface area contributed by atoms with E-state index in [4.69, 9.17) is 94.6 Å². The second kappa shape index (κ2) is 47.3. The molecule has 23 atom stereocenters. The third-order valence-electron chi connectivity index (χ3n) is 25.2. The number of likely N-dealkylation sites (N-methyl/N-ethyl adjacent to an activating group) is 1. The van der Waals surface area contributed by atoms with Gasteiger partial charge in [0, 0.05) is 64.8 Å². The minimum atomic E-state index is -2.45. The van der Waals surface area contributed by atoms with Crippen molar-refractivity contribution in [3.63, 3.8) is 0 Å². The average molecular weight is 2020 g/mol. The van der Waals surface area contributed by atoms with E-state index in [-0.39, 0.29) is 43.5 Å². The van der Waals surface area contributed by atoms with Gasteiger partial charge >= 0.3 is 5.97 Å². The van der Waals surface area contributed by atoms with Crippen LogP contribution in [0.4, 0.5) is 0 Å². The van der Waals surface area contributed by atoms with Gasteiger partial charge in [-0.1, -0.05) is 89.4 Å². The molecule has 8 amide bonds. The molecule has 42 nitrogen and oxygen atoms in total. The van der Waals surface area contributed by atoms with Crippen molar-refractivity contribution in [2.75, 3.05) is 59.5 Å². The van der Waals surface area contributed by atoms with E-state index in [1.54, 1.807) is 26.0 Å². The monoisotopic (exact) mass is 2020 g/mol. The zero-order chi connectivity index (χ0) is 102. The number of halogens is 3. The highest BCUT2D eigenvalue weighted by Gasteiger charge is 2.53. The van der Waals surface area contributed by atoms with Crippen LogP contribution < -0.4 is 89.9 Å². The highest BCUT2D eigenvalue weighted by molar-refractivity contribution is 6.32. The first-order valence-electron chi connectivity index (χ1n) is 46.0. The van der Waals surface area contributed by atoms with Crippen molar-refractivity contribution in [2.24, 2.45) is 17.2 Å². The Morgan fingerprint density at radius 2 is 1.22 bits per heavy atom. The minimum Gasteiger partial charge on any atom is -0.508 e. The number of primary amides is 1. The number of esters is 1. The van der Waals surface area contributed by atoms with Crippen LogP contribution in [-0.4, -0.2) is 273 Å². The summed E-state index contributed by atoms with van der Waals surface area (Å²) in [6.45, 7) is 9.03. The van der Waals surface area contributed by atoms with Gasteiger partial charge in [0.05, 0.1) is 59.6 Å². The number of benzene rings is 7. The molecule has 8 aliphatic heterocycles. The number of ether oxygens (including phenoxy) is 9. The van der Waals surface area contributed by atoms with E-state index < -0.39 is 296 Å². The van der Waals surface area contributed by atoms with E-state index in [2.05, 4.69) is 58.5 Å². The predicted octanol–water partition coefficient (Wildman–Crippen LogP) is 2.10. The molecule has 0 aliphatic carbocycles. The molecule has 7 aromatic rings. The number of carbonyl (C=O) groups excluding carboxylic acids is 9. The number of aliphatic hydroxyl groups excluding tert-OH is 7. The first-order valence-corrected chi connectivity index (χ1v) is 47.1. The van der Waals surface area contributed by atoms with Crippen LogP contribution in [-0.2, 0) is 78.1 Å². The minimum absolute atomic E-state index is 0.0924. The zero-order valence-corrected chi connectivity index (χ0v) is 80.0. The first-order chi connectivity index (χ1) is 67.1. The number of rotatable bonds is 32. The zero-order valence-electron chi connectivity index (χ0n) is 77.7. The summed E-state index contributed by atoms with van der Waals surface area (Å²) in [6, 6.07) is 13.8. The normalized spacial score (nSPS) is 27.8. The fraction of sp³-hybridized carbons (Fsp3) is 0.469. The van der Waals surface area contributed by atoms with Gasteiger partial charge in [0.1, 0.15) is 89.5 Å².